The molecule has 1 unspecified atom stereocenters. The molecule has 2 aromatic carbocycles. The Bertz CT molecular complexity index is 903. The Labute approximate surface area is 188 Å². The summed E-state index contributed by atoms with van der Waals surface area (Å²) in [6.45, 7) is 7.00. The van der Waals surface area contributed by atoms with Gasteiger partial charge in [0.2, 0.25) is 5.91 Å². The SMILES string of the molecule is COc1cc([N+](=O)[O-])ccc1NC(=O)CN(Cc1ccccc1)C(C)CN1CCOCC1. The number of amides is 1. The summed E-state index contributed by atoms with van der Waals surface area (Å²) in [6, 6.07) is 14.3. The zero-order valence-corrected chi connectivity index (χ0v) is 18.5. The molecule has 1 atom stereocenters. The van der Waals surface area contributed by atoms with Gasteiger partial charge in [0, 0.05) is 38.3 Å². The summed E-state index contributed by atoms with van der Waals surface area (Å²) in [6.07, 6.45) is 0. The molecule has 9 heteroatoms. The van der Waals surface area contributed by atoms with Gasteiger partial charge in [-0.05, 0) is 18.6 Å². The lowest BCUT2D eigenvalue weighted by atomic mass is 10.1. The van der Waals surface area contributed by atoms with Gasteiger partial charge >= 0.3 is 0 Å². The molecule has 1 aliphatic rings. The van der Waals surface area contributed by atoms with Crippen molar-refractivity contribution >= 4 is 17.3 Å². The molecular formula is C23H30N4O5. The summed E-state index contributed by atoms with van der Waals surface area (Å²) >= 11 is 0. The summed E-state index contributed by atoms with van der Waals surface area (Å²) < 4.78 is 10.7. The highest BCUT2D eigenvalue weighted by molar-refractivity contribution is 5.94. The third-order valence-electron chi connectivity index (χ3n) is 5.49. The van der Waals surface area contributed by atoms with Gasteiger partial charge in [0.25, 0.3) is 5.69 Å². The summed E-state index contributed by atoms with van der Waals surface area (Å²) in [5.74, 6) is 0.0467. The van der Waals surface area contributed by atoms with Crippen LogP contribution in [-0.2, 0) is 16.1 Å². The van der Waals surface area contributed by atoms with E-state index in [4.69, 9.17) is 9.47 Å². The minimum atomic E-state index is -0.497. The van der Waals surface area contributed by atoms with Crippen LogP contribution >= 0.6 is 0 Å². The van der Waals surface area contributed by atoms with Crippen LogP contribution in [0.25, 0.3) is 0 Å². The van der Waals surface area contributed by atoms with E-state index in [1.54, 1.807) is 0 Å². The Morgan fingerprint density at radius 2 is 1.97 bits per heavy atom. The molecule has 32 heavy (non-hydrogen) atoms. The fraction of sp³-hybridized carbons (Fsp3) is 0.435. The molecule has 1 heterocycles. The molecule has 1 aliphatic heterocycles. The number of anilines is 1. The molecule has 9 nitrogen and oxygen atoms in total. The quantitative estimate of drug-likeness (QED) is 0.446. The molecule has 1 amide bonds. The Morgan fingerprint density at radius 1 is 1.25 bits per heavy atom. The number of hydrogen-bond donors (Lipinski definition) is 1. The molecule has 0 radical (unpaired) electrons. The van der Waals surface area contributed by atoms with E-state index in [1.165, 1.54) is 25.3 Å². The van der Waals surface area contributed by atoms with Gasteiger partial charge in [-0.2, -0.15) is 0 Å². The van der Waals surface area contributed by atoms with Crippen LogP contribution < -0.4 is 10.1 Å². The highest BCUT2D eigenvalue weighted by Crippen LogP contribution is 2.29. The first-order valence-electron chi connectivity index (χ1n) is 10.7. The summed E-state index contributed by atoms with van der Waals surface area (Å²) in [7, 11) is 1.42. The first kappa shape index (κ1) is 23.6. The van der Waals surface area contributed by atoms with E-state index in [0.717, 1.165) is 38.4 Å². The van der Waals surface area contributed by atoms with E-state index in [2.05, 4.69) is 22.0 Å². The maximum Gasteiger partial charge on any atom is 0.273 e. The fourth-order valence-corrected chi connectivity index (χ4v) is 3.73. The summed E-state index contributed by atoms with van der Waals surface area (Å²) in [5.41, 5.74) is 1.44. The van der Waals surface area contributed by atoms with Gasteiger partial charge in [0.05, 0.1) is 43.5 Å². The average molecular weight is 443 g/mol. The predicted octanol–water partition coefficient (Wildman–Crippen LogP) is 2.76. The Hall–Kier alpha value is -3.01. The maximum atomic E-state index is 12.9. The smallest absolute Gasteiger partial charge is 0.273 e. The van der Waals surface area contributed by atoms with E-state index in [1.807, 2.05) is 30.3 Å². The summed E-state index contributed by atoms with van der Waals surface area (Å²) in [5, 5.41) is 13.8. The van der Waals surface area contributed by atoms with Crippen LogP contribution in [0.2, 0.25) is 0 Å². The van der Waals surface area contributed by atoms with Crippen molar-refractivity contribution in [2.24, 2.45) is 0 Å². The van der Waals surface area contributed by atoms with Crippen molar-refractivity contribution in [3.63, 3.8) is 0 Å². The number of rotatable bonds is 10. The second-order valence-corrected chi connectivity index (χ2v) is 7.84. The van der Waals surface area contributed by atoms with Crippen molar-refractivity contribution in [1.29, 1.82) is 0 Å². The Morgan fingerprint density at radius 3 is 2.62 bits per heavy atom. The molecule has 1 N–H and O–H groups in total. The number of ether oxygens (including phenoxy) is 2. The normalized spacial score (nSPS) is 15.3. The van der Waals surface area contributed by atoms with Crippen molar-refractivity contribution in [1.82, 2.24) is 9.80 Å². The number of nitro benzene ring substituents is 1. The molecule has 1 fully saturated rings. The molecule has 1 saturated heterocycles. The monoisotopic (exact) mass is 442 g/mol. The van der Waals surface area contributed by atoms with Crippen LogP contribution in [0.1, 0.15) is 12.5 Å². The zero-order valence-electron chi connectivity index (χ0n) is 18.5. The van der Waals surface area contributed by atoms with Crippen molar-refractivity contribution in [3.05, 3.63) is 64.2 Å². The van der Waals surface area contributed by atoms with E-state index in [0.29, 0.717) is 12.2 Å². The number of carbonyl (C=O) groups is 1. The third-order valence-corrected chi connectivity index (χ3v) is 5.49. The van der Waals surface area contributed by atoms with Crippen LogP contribution in [0.4, 0.5) is 11.4 Å². The third kappa shape index (κ3) is 6.74. The number of non-ortho nitro benzene ring substituents is 1. The van der Waals surface area contributed by atoms with E-state index >= 15 is 0 Å². The van der Waals surface area contributed by atoms with Crippen LogP contribution in [0.5, 0.6) is 5.75 Å². The lowest BCUT2D eigenvalue weighted by Gasteiger charge is -2.34. The fourth-order valence-electron chi connectivity index (χ4n) is 3.73. The first-order chi connectivity index (χ1) is 15.5. The van der Waals surface area contributed by atoms with Crippen molar-refractivity contribution in [2.75, 3.05) is 51.8 Å². The number of methoxy groups -OCH3 is 1. The van der Waals surface area contributed by atoms with Gasteiger partial charge in [-0.1, -0.05) is 30.3 Å². The van der Waals surface area contributed by atoms with E-state index in [9.17, 15) is 14.9 Å². The van der Waals surface area contributed by atoms with E-state index < -0.39 is 4.92 Å². The van der Waals surface area contributed by atoms with Gasteiger partial charge < -0.3 is 14.8 Å². The number of morpholine rings is 1. The van der Waals surface area contributed by atoms with Crippen LogP contribution in [0.3, 0.4) is 0 Å². The minimum Gasteiger partial charge on any atom is -0.494 e. The zero-order chi connectivity index (χ0) is 22.9. The number of nitro groups is 1. The predicted molar refractivity (Wildman–Crippen MR) is 122 cm³/mol. The van der Waals surface area contributed by atoms with Gasteiger partial charge in [-0.3, -0.25) is 24.7 Å². The molecule has 0 aromatic heterocycles. The molecule has 0 saturated carbocycles. The number of benzene rings is 2. The molecule has 0 spiro atoms. The van der Waals surface area contributed by atoms with Gasteiger partial charge in [0.1, 0.15) is 5.75 Å². The highest BCUT2D eigenvalue weighted by Gasteiger charge is 2.22. The molecule has 0 aliphatic carbocycles. The van der Waals surface area contributed by atoms with Crippen LogP contribution in [0.15, 0.2) is 48.5 Å². The molecule has 2 aromatic rings. The van der Waals surface area contributed by atoms with Crippen LogP contribution in [-0.4, -0.2) is 73.2 Å². The standard InChI is InChI=1S/C23H30N4O5/c1-18(15-25-10-12-32-13-11-25)26(16-19-6-4-3-5-7-19)17-23(28)24-21-9-8-20(27(29)30)14-22(21)31-2/h3-9,14,18H,10-13,15-17H2,1-2H3,(H,24,28). The number of carbonyl (C=O) groups excluding carboxylic acids is 1. The van der Waals surface area contributed by atoms with E-state index in [-0.39, 0.29) is 29.9 Å². The lowest BCUT2D eigenvalue weighted by molar-refractivity contribution is -0.384. The van der Waals surface area contributed by atoms with Crippen molar-refractivity contribution in [2.45, 2.75) is 19.5 Å². The summed E-state index contributed by atoms with van der Waals surface area (Å²) in [4.78, 5) is 27.9. The van der Waals surface area contributed by atoms with Gasteiger partial charge in [0.15, 0.2) is 0 Å². The first-order valence-corrected chi connectivity index (χ1v) is 10.7. The second kappa shape index (κ2) is 11.6. The van der Waals surface area contributed by atoms with Crippen molar-refractivity contribution in [3.8, 4) is 5.75 Å². The molecule has 172 valence electrons. The van der Waals surface area contributed by atoms with Gasteiger partial charge in [-0.25, -0.2) is 0 Å². The largest absolute Gasteiger partial charge is 0.494 e. The van der Waals surface area contributed by atoms with Crippen LogP contribution in [0, 0.1) is 10.1 Å². The number of nitrogens with zero attached hydrogens (tertiary/aromatic N) is 3. The van der Waals surface area contributed by atoms with Crippen molar-refractivity contribution < 1.29 is 19.2 Å². The molecule has 0 bridgehead atoms. The lowest BCUT2D eigenvalue weighted by Crippen LogP contribution is -2.47. The molecule has 3 rings (SSSR count). The second-order valence-electron chi connectivity index (χ2n) is 7.84. The van der Waals surface area contributed by atoms with Gasteiger partial charge in [-0.15, -0.1) is 0 Å². The maximum absolute atomic E-state index is 12.9. The number of nitrogens with one attached hydrogen (secondary N) is 1. The molecular weight excluding hydrogens is 412 g/mol. The average Bonchev–Trinajstić information content (AvgIpc) is 2.80. The minimum absolute atomic E-state index is 0.0929. The number of hydrogen-bond acceptors (Lipinski definition) is 7. The topological polar surface area (TPSA) is 97.2 Å². The Kier molecular flexibility index (Phi) is 8.55. The Balaban J connectivity index is 1.70. The highest BCUT2D eigenvalue weighted by atomic mass is 16.6.